The zero-order valence-corrected chi connectivity index (χ0v) is 9.54. The van der Waals surface area contributed by atoms with Crippen LogP contribution in [0, 0.1) is 11.3 Å². The van der Waals surface area contributed by atoms with Crippen LogP contribution in [0.25, 0.3) is 0 Å². The molecule has 0 N–H and O–H groups in total. The molecule has 0 saturated heterocycles. The topological polar surface area (TPSA) is 63.0 Å². The van der Waals surface area contributed by atoms with Gasteiger partial charge in [-0.1, -0.05) is 12.1 Å². The number of aromatic nitrogens is 1. The molecule has 1 aromatic heterocycles. The molecular weight excluding hydrogens is 228 g/mol. The Bertz CT molecular complexity index is 588. The van der Waals surface area contributed by atoms with E-state index in [4.69, 9.17) is 10.00 Å². The van der Waals surface area contributed by atoms with E-state index < -0.39 is 0 Å². The molecule has 0 bridgehead atoms. The van der Waals surface area contributed by atoms with Crippen LogP contribution in [0.1, 0.15) is 15.9 Å². The molecule has 0 unspecified atom stereocenters. The van der Waals surface area contributed by atoms with E-state index in [9.17, 15) is 4.79 Å². The summed E-state index contributed by atoms with van der Waals surface area (Å²) in [7, 11) is 0. The van der Waals surface area contributed by atoms with Crippen LogP contribution in [0.2, 0.25) is 0 Å². The Morgan fingerprint density at radius 1 is 1.22 bits per heavy atom. The number of hydrogen-bond acceptors (Lipinski definition) is 4. The maximum Gasteiger partial charge on any atom is 0.200 e. The highest BCUT2D eigenvalue weighted by atomic mass is 16.5. The highest BCUT2D eigenvalue weighted by Crippen LogP contribution is 2.16. The average molecular weight is 238 g/mol. The number of ether oxygens (including phenoxy) is 1. The van der Waals surface area contributed by atoms with Crippen molar-refractivity contribution >= 4 is 5.78 Å². The lowest BCUT2D eigenvalue weighted by Crippen LogP contribution is -2.12. The first-order valence-electron chi connectivity index (χ1n) is 5.36. The maximum atomic E-state index is 11.8. The van der Waals surface area contributed by atoms with Crippen molar-refractivity contribution < 1.29 is 9.53 Å². The Morgan fingerprint density at radius 2 is 1.94 bits per heavy atom. The first kappa shape index (κ1) is 11.8. The molecule has 4 heteroatoms. The number of rotatable bonds is 4. The monoisotopic (exact) mass is 238 g/mol. The van der Waals surface area contributed by atoms with Crippen LogP contribution in [0.3, 0.4) is 0 Å². The summed E-state index contributed by atoms with van der Waals surface area (Å²) in [5.41, 5.74) is 0.958. The minimum atomic E-state index is -0.148. The largest absolute Gasteiger partial charge is 0.484 e. The summed E-state index contributed by atoms with van der Waals surface area (Å²) in [5, 5.41) is 8.88. The quantitative estimate of drug-likeness (QED) is 0.766. The second-order valence-electron chi connectivity index (χ2n) is 3.56. The predicted octanol–water partition coefficient (Wildman–Crippen LogP) is 2.21. The fourth-order valence-electron chi connectivity index (χ4n) is 1.45. The minimum absolute atomic E-state index is 0.0945. The summed E-state index contributed by atoms with van der Waals surface area (Å²) in [4.78, 5) is 15.6. The molecule has 0 atom stereocenters. The van der Waals surface area contributed by atoms with Crippen LogP contribution in [0.4, 0.5) is 0 Å². The molecule has 0 aliphatic carbocycles. The number of benzene rings is 1. The van der Waals surface area contributed by atoms with Crippen molar-refractivity contribution in [3.63, 3.8) is 0 Å². The van der Waals surface area contributed by atoms with Crippen LogP contribution in [0.5, 0.6) is 5.75 Å². The molecule has 2 aromatic rings. The van der Waals surface area contributed by atoms with Crippen LogP contribution in [0.15, 0.2) is 48.8 Å². The van der Waals surface area contributed by atoms with Gasteiger partial charge in [0, 0.05) is 18.0 Å². The highest BCUT2D eigenvalue weighted by Gasteiger charge is 2.08. The molecule has 1 aromatic carbocycles. The van der Waals surface area contributed by atoms with Gasteiger partial charge in [-0.25, -0.2) is 0 Å². The predicted molar refractivity (Wildman–Crippen MR) is 65.2 cm³/mol. The average Bonchev–Trinajstić information content (AvgIpc) is 2.46. The van der Waals surface area contributed by atoms with Crippen molar-refractivity contribution in [2.45, 2.75) is 0 Å². The molecule has 0 radical (unpaired) electrons. The van der Waals surface area contributed by atoms with Gasteiger partial charge in [0.05, 0.1) is 5.56 Å². The van der Waals surface area contributed by atoms with E-state index >= 15 is 0 Å². The Kier molecular flexibility index (Phi) is 3.67. The van der Waals surface area contributed by atoms with Gasteiger partial charge in [-0.05, 0) is 24.3 Å². The number of para-hydroxylation sites is 1. The third kappa shape index (κ3) is 2.71. The van der Waals surface area contributed by atoms with Gasteiger partial charge < -0.3 is 4.74 Å². The molecule has 1 heterocycles. The first-order valence-corrected chi connectivity index (χ1v) is 5.36. The zero-order valence-electron chi connectivity index (χ0n) is 9.54. The number of nitrogens with zero attached hydrogens (tertiary/aromatic N) is 2. The van der Waals surface area contributed by atoms with Crippen molar-refractivity contribution in [2.24, 2.45) is 0 Å². The van der Waals surface area contributed by atoms with Crippen molar-refractivity contribution in [1.29, 1.82) is 5.26 Å². The zero-order chi connectivity index (χ0) is 12.8. The van der Waals surface area contributed by atoms with Gasteiger partial charge in [-0.3, -0.25) is 9.78 Å². The Hall–Kier alpha value is -2.67. The molecule has 0 aliphatic heterocycles. The molecule has 0 fully saturated rings. The molecular formula is C14H10N2O2. The normalized spacial score (nSPS) is 9.50. The van der Waals surface area contributed by atoms with E-state index in [1.165, 1.54) is 0 Å². The van der Waals surface area contributed by atoms with Gasteiger partial charge in [0.1, 0.15) is 11.8 Å². The number of carbonyl (C=O) groups is 1. The fraction of sp³-hybridized carbons (Fsp3) is 0.0714. The number of Topliss-reactive ketones (excluding diaryl/α,β-unsaturated/α-hetero) is 1. The van der Waals surface area contributed by atoms with Gasteiger partial charge in [0.2, 0.25) is 0 Å². The summed E-state index contributed by atoms with van der Waals surface area (Å²) < 4.78 is 5.35. The smallest absolute Gasteiger partial charge is 0.200 e. The van der Waals surface area contributed by atoms with E-state index in [1.807, 2.05) is 6.07 Å². The summed E-state index contributed by atoms with van der Waals surface area (Å²) in [6, 6.07) is 12.1. The van der Waals surface area contributed by atoms with Crippen molar-refractivity contribution in [2.75, 3.05) is 6.61 Å². The third-order valence-corrected chi connectivity index (χ3v) is 2.37. The molecule has 4 nitrogen and oxygen atoms in total. The highest BCUT2D eigenvalue weighted by molar-refractivity contribution is 5.97. The molecule has 18 heavy (non-hydrogen) atoms. The first-order chi connectivity index (χ1) is 8.81. The maximum absolute atomic E-state index is 11.8. The van der Waals surface area contributed by atoms with Gasteiger partial charge in [-0.15, -0.1) is 0 Å². The molecule has 0 spiro atoms. The molecule has 2 rings (SSSR count). The lowest BCUT2D eigenvalue weighted by Gasteiger charge is -2.06. The molecule has 0 aliphatic rings. The SMILES string of the molecule is N#Cc1ccccc1OCC(=O)c1ccncc1. The number of pyridine rings is 1. The fourth-order valence-corrected chi connectivity index (χ4v) is 1.45. The van der Waals surface area contributed by atoms with E-state index in [0.717, 1.165) is 0 Å². The van der Waals surface area contributed by atoms with Gasteiger partial charge in [0.25, 0.3) is 0 Å². The minimum Gasteiger partial charge on any atom is -0.484 e. The Balaban J connectivity index is 2.05. The van der Waals surface area contributed by atoms with Crippen LogP contribution in [-0.4, -0.2) is 17.4 Å². The van der Waals surface area contributed by atoms with Crippen LogP contribution >= 0.6 is 0 Å². The second kappa shape index (κ2) is 5.60. The van der Waals surface area contributed by atoms with Gasteiger partial charge >= 0.3 is 0 Å². The lowest BCUT2D eigenvalue weighted by atomic mass is 10.2. The van der Waals surface area contributed by atoms with Gasteiger partial charge in [0.15, 0.2) is 12.4 Å². The number of carbonyl (C=O) groups excluding carboxylic acids is 1. The summed E-state index contributed by atoms with van der Waals surface area (Å²) in [5.74, 6) is 0.271. The van der Waals surface area contributed by atoms with E-state index in [0.29, 0.717) is 16.9 Å². The summed E-state index contributed by atoms with van der Waals surface area (Å²) >= 11 is 0. The third-order valence-electron chi connectivity index (χ3n) is 2.37. The summed E-state index contributed by atoms with van der Waals surface area (Å²) in [6.07, 6.45) is 3.10. The van der Waals surface area contributed by atoms with E-state index in [1.54, 1.807) is 48.8 Å². The standard InChI is InChI=1S/C14H10N2O2/c15-9-12-3-1-2-4-14(12)18-10-13(17)11-5-7-16-8-6-11/h1-8H,10H2. The van der Waals surface area contributed by atoms with E-state index in [-0.39, 0.29) is 12.4 Å². The number of ketones is 1. The van der Waals surface area contributed by atoms with Gasteiger partial charge in [-0.2, -0.15) is 5.26 Å². The van der Waals surface area contributed by atoms with Crippen molar-refractivity contribution in [3.05, 3.63) is 59.9 Å². The lowest BCUT2D eigenvalue weighted by molar-refractivity contribution is 0.0921. The van der Waals surface area contributed by atoms with Crippen molar-refractivity contribution in [3.8, 4) is 11.8 Å². The summed E-state index contributed by atoms with van der Waals surface area (Å²) in [6.45, 7) is -0.0945. The van der Waals surface area contributed by atoms with E-state index in [2.05, 4.69) is 4.98 Å². The van der Waals surface area contributed by atoms with Crippen LogP contribution < -0.4 is 4.74 Å². The molecule has 88 valence electrons. The second-order valence-corrected chi connectivity index (χ2v) is 3.56. The Labute approximate surface area is 104 Å². The van der Waals surface area contributed by atoms with Crippen LogP contribution in [-0.2, 0) is 0 Å². The number of hydrogen-bond donors (Lipinski definition) is 0. The molecule has 0 amide bonds. The van der Waals surface area contributed by atoms with Crippen molar-refractivity contribution in [1.82, 2.24) is 4.98 Å². The number of nitriles is 1. The molecule has 0 saturated carbocycles. The Morgan fingerprint density at radius 3 is 2.67 bits per heavy atom.